The van der Waals surface area contributed by atoms with Gasteiger partial charge in [-0.3, -0.25) is 4.99 Å². The molecule has 0 saturated heterocycles. The molecule has 0 fully saturated rings. The predicted octanol–water partition coefficient (Wildman–Crippen LogP) is 4.92. The van der Waals surface area contributed by atoms with E-state index in [1.165, 1.54) is 27.1 Å². The fourth-order valence-corrected chi connectivity index (χ4v) is 4.34. The Labute approximate surface area is 216 Å². The van der Waals surface area contributed by atoms with E-state index < -0.39 is 0 Å². The lowest BCUT2D eigenvalue weighted by atomic mass is 9.98. The smallest absolute Gasteiger partial charge is 0.193 e. The van der Waals surface area contributed by atoms with Gasteiger partial charge < -0.3 is 10.2 Å². The topological polar surface area (TPSA) is 58.3 Å². The van der Waals surface area contributed by atoms with Gasteiger partial charge in [0, 0.05) is 32.1 Å². The highest BCUT2D eigenvalue weighted by molar-refractivity contribution is 14.0. The third kappa shape index (κ3) is 6.88. The van der Waals surface area contributed by atoms with Crippen molar-refractivity contribution >= 4 is 41.3 Å². The van der Waals surface area contributed by atoms with Crippen LogP contribution in [-0.4, -0.2) is 46.3 Å². The van der Waals surface area contributed by atoms with Crippen molar-refractivity contribution in [3.63, 3.8) is 0 Å². The maximum Gasteiger partial charge on any atom is 0.193 e. The fraction of sp³-hybridized carbons (Fsp3) is 0.240. The van der Waals surface area contributed by atoms with E-state index in [-0.39, 0.29) is 24.0 Å². The van der Waals surface area contributed by atoms with Crippen LogP contribution in [0.2, 0.25) is 0 Å². The van der Waals surface area contributed by atoms with Crippen molar-refractivity contribution < 1.29 is 0 Å². The second kappa shape index (κ2) is 12.5. The van der Waals surface area contributed by atoms with Gasteiger partial charge in [-0.15, -0.1) is 35.3 Å². The monoisotopic (exact) mass is 572 g/mol. The molecule has 2 aromatic heterocycles. The maximum absolute atomic E-state index is 4.47. The number of thiophene rings is 1. The summed E-state index contributed by atoms with van der Waals surface area (Å²) >= 11 is 1.80. The molecule has 0 bridgehead atoms. The summed E-state index contributed by atoms with van der Waals surface area (Å²) in [6, 6.07) is 21.5. The van der Waals surface area contributed by atoms with Gasteiger partial charge in [-0.05, 0) is 40.1 Å². The zero-order chi connectivity index (χ0) is 22.2. The fourth-order valence-electron chi connectivity index (χ4n) is 3.64. The first-order chi connectivity index (χ1) is 15.7. The second-order valence-electron chi connectivity index (χ2n) is 7.60. The summed E-state index contributed by atoms with van der Waals surface area (Å²) in [5.74, 6) is 0.902. The molecule has 2 aromatic carbocycles. The number of guanidine groups is 1. The Kier molecular flexibility index (Phi) is 9.44. The minimum atomic E-state index is 0. The molecule has 0 aliphatic heterocycles. The molecule has 0 aliphatic rings. The number of nitrogens with zero attached hydrogens (tertiary/aromatic N) is 5. The molecule has 1 N–H and O–H groups in total. The Morgan fingerprint density at radius 1 is 1.09 bits per heavy atom. The first kappa shape index (κ1) is 24.9. The zero-order valence-corrected chi connectivity index (χ0v) is 22.0. The Bertz CT molecular complexity index is 1120. The van der Waals surface area contributed by atoms with Gasteiger partial charge in [0.2, 0.25) is 0 Å². The molecule has 0 radical (unpaired) electrons. The number of aliphatic imine (C=N–C) groups is 1. The summed E-state index contributed by atoms with van der Waals surface area (Å²) in [5.41, 5.74) is 4.86. The number of benzene rings is 2. The van der Waals surface area contributed by atoms with E-state index >= 15 is 0 Å². The van der Waals surface area contributed by atoms with Gasteiger partial charge in [0.15, 0.2) is 5.96 Å². The van der Waals surface area contributed by atoms with Gasteiger partial charge >= 0.3 is 0 Å². The molecule has 8 heteroatoms. The lowest BCUT2D eigenvalue weighted by molar-refractivity contribution is 0.486. The van der Waals surface area contributed by atoms with Crippen LogP contribution in [0.15, 0.2) is 83.7 Å². The van der Waals surface area contributed by atoms with Gasteiger partial charge in [0.25, 0.3) is 0 Å². The Hall–Kier alpha value is -2.72. The average Bonchev–Trinajstić information content (AvgIpc) is 3.53. The molecular weight excluding hydrogens is 543 g/mol. The van der Waals surface area contributed by atoms with E-state index in [4.69, 9.17) is 0 Å². The van der Waals surface area contributed by atoms with Crippen LogP contribution in [0.25, 0.3) is 11.1 Å². The summed E-state index contributed by atoms with van der Waals surface area (Å²) in [6.07, 6.45) is 4.32. The first-order valence-electron chi connectivity index (χ1n) is 10.7. The first-order valence-corrected chi connectivity index (χ1v) is 11.5. The van der Waals surface area contributed by atoms with Crippen LogP contribution < -0.4 is 5.32 Å². The van der Waals surface area contributed by atoms with Crippen molar-refractivity contribution in [1.29, 1.82) is 0 Å². The van der Waals surface area contributed by atoms with Gasteiger partial charge in [-0.2, -0.15) is 5.10 Å². The van der Waals surface area contributed by atoms with E-state index in [1.54, 1.807) is 24.0 Å². The largest absolute Gasteiger partial charge is 0.352 e. The van der Waals surface area contributed by atoms with Crippen molar-refractivity contribution in [3.8, 4) is 11.1 Å². The quantitative estimate of drug-likeness (QED) is 0.185. The van der Waals surface area contributed by atoms with Gasteiger partial charge in [0.1, 0.15) is 12.7 Å². The molecule has 0 saturated carbocycles. The SMILES string of the molecule is CN=C(NCc1ccccc1-c1ccc(Cn2cncn2)cc1)N(C)CCc1cccs1.I. The third-order valence-electron chi connectivity index (χ3n) is 5.38. The van der Waals surface area contributed by atoms with E-state index in [0.717, 1.165) is 25.5 Å². The molecule has 33 heavy (non-hydrogen) atoms. The lowest BCUT2D eigenvalue weighted by Crippen LogP contribution is -2.39. The normalized spacial score (nSPS) is 11.2. The predicted molar refractivity (Wildman–Crippen MR) is 147 cm³/mol. The van der Waals surface area contributed by atoms with E-state index in [0.29, 0.717) is 6.54 Å². The summed E-state index contributed by atoms with van der Waals surface area (Å²) in [5, 5.41) is 9.83. The summed E-state index contributed by atoms with van der Waals surface area (Å²) in [7, 11) is 3.92. The maximum atomic E-state index is 4.47. The molecule has 172 valence electrons. The number of aromatic nitrogens is 3. The Balaban J connectivity index is 0.00000306. The van der Waals surface area contributed by atoms with Crippen molar-refractivity contribution in [3.05, 3.63) is 94.7 Å². The molecule has 0 atom stereocenters. The van der Waals surface area contributed by atoms with Gasteiger partial charge in [0.05, 0.1) is 6.54 Å². The summed E-state index contributed by atoms with van der Waals surface area (Å²) < 4.78 is 1.83. The van der Waals surface area contributed by atoms with Gasteiger partial charge in [-0.1, -0.05) is 54.6 Å². The average molecular weight is 573 g/mol. The lowest BCUT2D eigenvalue weighted by Gasteiger charge is -2.22. The number of hydrogen-bond acceptors (Lipinski definition) is 4. The molecule has 4 aromatic rings. The minimum Gasteiger partial charge on any atom is -0.352 e. The minimum absolute atomic E-state index is 0. The van der Waals surface area contributed by atoms with Crippen LogP contribution in [0.4, 0.5) is 0 Å². The highest BCUT2D eigenvalue weighted by Gasteiger charge is 2.09. The molecule has 6 nitrogen and oxygen atoms in total. The van der Waals surface area contributed by atoms with Crippen molar-refractivity contribution in [1.82, 2.24) is 25.0 Å². The van der Waals surface area contributed by atoms with Gasteiger partial charge in [-0.25, -0.2) is 9.67 Å². The Morgan fingerprint density at radius 3 is 2.61 bits per heavy atom. The zero-order valence-electron chi connectivity index (χ0n) is 18.9. The third-order valence-corrected chi connectivity index (χ3v) is 6.31. The van der Waals surface area contributed by atoms with Crippen molar-refractivity contribution in [2.45, 2.75) is 19.5 Å². The molecule has 2 heterocycles. The standard InChI is InChI=1S/C25H28N6S.HI/c1-26-25(30(2)14-13-23-7-5-15-32-23)28-16-22-6-3-4-8-24(22)21-11-9-20(10-12-21)17-31-19-27-18-29-31;/h3-12,15,18-19H,13-14,16-17H2,1-2H3,(H,26,28);1H. The van der Waals surface area contributed by atoms with Crippen LogP contribution in [0.3, 0.4) is 0 Å². The van der Waals surface area contributed by atoms with Crippen LogP contribution in [0.1, 0.15) is 16.0 Å². The number of hydrogen-bond donors (Lipinski definition) is 1. The highest BCUT2D eigenvalue weighted by Crippen LogP contribution is 2.24. The molecule has 0 spiro atoms. The number of halogens is 1. The van der Waals surface area contributed by atoms with Crippen LogP contribution in [-0.2, 0) is 19.5 Å². The van der Waals surface area contributed by atoms with Crippen molar-refractivity contribution in [2.24, 2.45) is 4.99 Å². The molecule has 0 unspecified atom stereocenters. The van der Waals surface area contributed by atoms with E-state index in [9.17, 15) is 0 Å². The second-order valence-corrected chi connectivity index (χ2v) is 8.63. The highest BCUT2D eigenvalue weighted by atomic mass is 127. The number of likely N-dealkylation sites (N-methyl/N-ethyl adjacent to an activating group) is 1. The van der Waals surface area contributed by atoms with Crippen molar-refractivity contribution in [2.75, 3.05) is 20.6 Å². The number of rotatable bonds is 8. The number of nitrogens with one attached hydrogen (secondary N) is 1. The van der Waals surface area contributed by atoms with E-state index in [2.05, 4.69) is 98.4 Å². The summed E-state index contributed by atoms with van der Waals surface area (Å²) in [6.45, 7) is 2.36. The Morgan fingerprint density at radius 2 is 1.91 bits per heavy atom. The molecule has 4 rings (SSSR count). The van der Waals surface area contributed by atoms with Crippen LogP contribution in [0.5, 0.6) is 0 Å². The van der Waals surface area contributed by atoms with Crippen LogP contribution in [0, 0.1) is 0 Å². The summed E-state index contributed by atoms with van der Waals surface area (Å²) in [4.78, 5) is 12.1. The van der Waals surface area contributed by atoms with E-state index in [1.807, 2.05) is 11.7 Å². The molecule has 0 amide bonds. The molecule has 0 aliphatic carbocycles. The molecular formula is C25H29IN6S. The van der Waals surface area contributed by atoms with Crippen LogP contribution >= 0.6 is 35.3 Å².